The van der Waals surface area contributed by atoms with E-state index in [4.69, 9.17) is 4.74 Å². The Labute approximate surface area is 161 Å². The highest BCUT2D eigenvalue weighted by Gasteiger charge is 2.20. The number of anilines is 1. The maximum absolute atomic E-state index is 12.6. The highest BCUT2D eigenvalue weighted by molar-refractivity contribution is 7.89. The molecule has 2 aromatic rings. The van der Waals surface area contributed by atoms with E-state index in [0.29, 0.717) is 22.9 Å². The van der Waals surface area contributed by atoms with E-state index in [2.05, 4.69) is 19.2 Å². The predicted octanol–water partition coefficient (Wildman–Crippen LogP) is 3.40. The number of carbonyl (C=O) groups excluding carboxylic acids is 1. The Morgan fingerprint density at radius 1 is 1.11 bits per heavy atom. The lowest BCUT2D eigenvalue weighted by molar-refractivity contribution is 0.102. The first-order valence-corrected chi connectivity index (χ1v) is 10.1. The Hall–Kier alpha value is -2.38. The summed E-state index contributed by atoms with van der Waals surface area (Å²) in [6, 6.07) is 11.8. The lowest BCUT2D eigenvalue weighted by atomic mass is 10.0. The van der Waals surface area contributed by atoms with Crippen LogP contribution in [0.3, 0.4) is 0 Å². The highest BCUT2D eigenvalue weighted by Crippen LogP contribution is 2.29. The average Bonchev–Trinajstić information content (AvgIpc) is 2.61. The molecule has 0 unspecified atom stereocenters. The highest BCUT2D eigenvalue weighted by atomic mass is 32.2. The van der Waals surface area contributed by atoms with E-state index in [0.717, 1.165) is 10.7 Å². The molecule has 2 rings (SSSR count). The fraction of sp³-hybridized carbons (Fsp3) is 0.350. The number of sulfonamides is 1. The minimum Gasteiger partial charge on any atom is -0.495 e. The van der Waals surface area contributed by atoms with Gasteiger partial charge in [-0.1, -0.05) is 26.0 Å². The molecule has 0 heterocycles. The van der Waals surface area contributed by atoms with Gasteiger partial charge in [-0.15, -0.1) is 0 Å². The van der Waals surface area contributed by atoms with E-state index in [-0.39, 0.29) is 10.8 Å². The molecule has 0 saturated carbocycles. The van der Waals surface area contributed by atoms with Gasteiger partial charge in [0, 0.05) is 19.7 Å². The fourth-order valence-corrected chi connectivity index (χ4v) is 3.54. The molecule has 146 valence electrons. The largest absolute Gasteiger partial charge is 0.495 e. The molecule has 0 radical (unpaired) electrons. The van der Waals surface area contributed by atoms with Crippen LogP contribution in [-0.4, -0.2) is 39.8 Å². The normalized spacial score (nSPS) is 11.7. The van der Waals surface area contributed by atoms with Gasteiger partial charge in [0.05, 0.1) is 17.7 Å². The molecule has 7 heteroatoms. The minimum atomic E-state index is -3.62. The lowest BCUT2D eigenvalue weighted by Crippen LogP contribution is -2.22. The molecule has 0 atom stereocenters. The van der Waals surface area contributed by atoms with E-state index in [1.54, 1.807) is 12.1 Å². The van der Waals surface area contributed by atoms with Crippen LogP contribution in [0.5, 0.6) is 5.75 Å². The number of amides is 1. The van der Waals surface area contributed by atoms with Crippen LogP contribution in [0.25, 0.3) is 0 Å². The van der Waals surface area contributed by atoms with Crippen LogP contribution < -0.4 is 10.1 Å². The van der Waals surface area contributed by atoms with Crippen molar-refractivity contribution in [3.63, 3.8) is 0 Å². The summed E-state index contributed by atoms with van der Waals surface area (Å²) in [5.74, 6) is 0.594. The van der Waals surface area contributed by atoms with Gasteiger partial charge in [-0.2, -0.15) is 0 Å². The number of ether oxygens (including phenoxy) is 1. The average molecular weight is 391 g/mol. The second-order valence-corrected chi connectivity index (χ2v) is 9.05. The third-order valence-electron chi connectivity index (χ3n) is 4.06. The molecule has 0 spiro atoms. The second kappa shape index (κ2) is 8.54. The number of carbonyl (C=O) groups is 1. The number of nitrogens with zero attached hydrogens (tertiary/aromatic N) is 1. The number of benzene rings is 2. The number of rotatable bonds is 7. The molecule has 0 aliphatic heterocycles. The summed E-state index contributed by atoms with van der Waals surface area (Å²) in [5, 5.41) is 2.74. The quantitative estimate of drug-likeness (QED) is 0.786. The topological polar surface area (TPSA) is 75.7 Å². The first-order chi connectivity index (χ1) is 12.6. The summed E-state index contributed by atoms with van der Waals surface area (Å²) >= 11 is 0. The van der Waals surface area contributed by atoms with Gasteiger partial charge in [-0.25, -0.2) is 12.7 Å². The van der Waals surface area contributed by atoms with Gasteiger partial charge in [-0.05, 0) is 48.2 Å². The van der Waals surface area contributed by atoms with Crippen LogP contribution in [0.15, 0.2) is 47.4 Å². The van der Waals surface area contributed by atoms with Gasteiger partial charge >= 0.3 is 0 Å². The molecule has 1 amide bonds. The maximum Gasteiger partial charge on any atom is 0.255 e. The van der Waals surface area contributed by atoms with E-state index in [1.165, 1.54) is 45.0 Å². The summed E-state index contributed by atoms with van der Waals surface area (Å²) in [6.45, 7) is 4.28. The van der Waals surface area contributed by atoms with Crippen LogP contribution >= 0.6 is 0 Å². The molecule has 0 bridgehead atoms. The van der Waals surface area contributed by atoms with Crippen molar-refractivity contribution >= 4 is 21.6 Å². The SMILES string of the molecule is COc1ccc(S(=O)(=O)N(C)C)cc1NC(=O)c1ccc(CC(C)C)cc1. The third kappa shape index (κ3) is 5.08. The monoisotopic (exact) mass is 390 g/mol. The predicted molar refractivity (Wildman–Crippen MR) is 107 cm³/mol. The molecule has 27 heavy (non-hydrogen) atoms. The third-order valence-corrected chi connectivity index (χ3v) is 5.87. The lowest BCUT2D eigenvalue weighted by Gasteiger charge is -2.15. The van der Waals surface area contributed by atoms with Crippen LogP contribution in [-0.2, 0) is 16.4 Å². The molecule has 6 nitrogen and oxygen atoms in total. The van der Waals surface area contributed by atoms with Crippen molar-refractivity contribution in [3.8, 4) is 5.75 Å². The van der Waals surface area contributed by atoms with Crippen molar-refractivity contribution in [2.24, 2.45) is 5.92 Å². The van der Waals surface area contributed by atoms with Crippen molar-refractivity contribution in [2.75, 3.05) is 26.5 Å². The molecule has 0 aliphatic rings. The van der Waals surface area contributed by atoms with Gasteiger partial charge in [0.25, 0.3) is 5.91 Å². The van der Waals surface area contributed by atoms with Crippen molar-refractivity contribution in [2.45, 2.75) is 25.2 Å². The second-order valence-electron chi connectivity index (χ2n) is 6.90. The van der Waals surface area contributed by atoms with Gasteiger partial charge < -0.3 is 10.1 Å². The Morgan fingerprint density at radius 3 is 2.26 bits per heavy atom. The van der Waals surface area contributed by atoms with Crippen LogP contribution in [0.2, 0.25) is 0 Å². The van der Waals surface area contributed by atoms with Crippen molar-refractivity contribution in [3.05, 3.63) is 53.6 Å². The number of methoxy groups -OCH3 is 1. The molecule has 1 N–H and O–H groups in total. The van der Waals surface area contributed by atoms with Crippen molar-refractivity contribution in [1.82, 2.24) is 4.31 Å². The smallest absolute Gasteiger partial charge is 0.255 e. The zero-order chi connectivity index (χ0) is 20.2. The number of nitrogens with one attached hydrogen (secondary N) is 1. The summed E-state index contributed by atoms with van der Waals surface area (Å²) in [4.78, 5) is 12.7. The molecular formula is C20H26N2O4S. The van der Waals surface area contributed by atoms with Gasteiger partial charge in [-0.3, -0.25) is 4.79 Å². The molecule has 0 fully saturated rings. The van der Waals surface area contributed by atoms with Gasteiger partial charge in [0.1, 0.15) is 5.75 Å². The summed E-state index contributed by atoms with van der Waals surface area (Å²) in [6.07, 6.45) is 0.945. The summed E-state index contributed by atoms with van der Waals surface area (Å²) < 4.78 is 31.0. The Balaban J connectivity index is 2.28. The molecule has 0 aromatic heterocycles. The first-order valence-electron chi connectivity index (χ1n) is 8.66. The summed E-state index contributed by atoms with van der Waals surface area (Å²) in [7, 11) is 0.758. The number of hydrogen-bond donors (Lipinski definition) is 1. The van der Waals surface area contributed by atoms with E-state index in [9.17, 15) is 13.2 Å². The molecule has 2 aromatic carbocycles. The van der Waals surface area contributed by atoms with E-state index >= 15 is 0 Å². The fourth-order valence-electron chi connectivity index (χ4n) is 2.61. The number of hydrogen-bond acceptors (Lipinski definition) is 4. The van der Waals surface area contributed by atoms with Crippen LogP contribution in [0.1, 0.15) is 29.8 Å². The minimum absolute atomic E-state index is 0.0795. The standard InChI is InChI=1S/C20H26N2O4S/c1-14(2)12-15-6-8-16(9-7-15)20(23)21-18-13-17(10-11-19(18)26-5)27(24,25)22(3)4/h6-11,13-14H,12H2,1-5H3,(H,21,23). The van der Waals surface area contributed by atoms with Crippen molar-refractivity contribution in [1.29, 1.82) is 0 Å². The van der Waals surface area contributed by atoms with Crippen LogP contribution in [0.4, 0.5) is 5.69 Å². The zero-order valence-electron chi connectivity index (χ0n) is 16.3. The zero-order valence-corrected chi connectivity index (χ0v) is 17.1. The Morgan fingerprint density at radius 2 is 1.74 bits per heavy atom. The molecule has 0 saturated heterocycles. The van der Waals surface area contributed by atoms with Gasteiger partial charge in [0.15, 0.2) is 0 Å². The molecule has 0 aliphatic carbocycles. The summed E-state index contributed by atoms with van der Waals surface area (Å²) in [5.41, 5.74) is 1.96. The van der Waals surface area contributed by atoms with Crippen molar-refractivity contribution < 1.29 is 17.9 Å². The van der Waals surface area contributed by atoms with Crippen LogP contribution in [0, 0.1) is 5.92 Å². The maximum atomic E-state index is 12.6. The Bertz CT molecular complexity index is 904. The van der Waals surface area contributed by atoms with E-state index < -0.39 is 10.0 Å². The first kappa shape index (κ1) is 20.9. The van der Waals surface area contributed by atoms with E-state index in [1.807, 2.05) is 12.1 Å². The Kier molecular flexibility index (Phi) is 6.62. The molecular weight excluding hydrogens is 364 g/mol. The van der Waals surface area contributed by atoms with Gasteiger partial charge in [0.2, 0.25) is 10.0 Å².